The van der Waals surface area contributed by atoms with E-state index in [4.69, 9.17) is 17.0 Å². The average molecular weight is 234 g/mol. The fourth-order valence-corrected chi connectivity index (χ4v) is 0.982. The van der Waals surface area contributed by atoms with E-state index in [2.05, 4.69) is 15.4 Å². The van der Waals surface area contributed by atoms with E-state index in [1.165, 1.54) is 7.11 Å². The highest BCUT2D eigenvalue weighted by atomic mass is 32.1. The Balaban J connectivity index is 3.30. The maximum atomic E-state index is 10.7. The Morgan fingerprint density at radius 1 is 1.40 bits per heavy atom. The topological polar surface area (TPSA) is 59.6 Å². The second-order valence-electron chi connectivity index (χ2n) is 2.74. The standard InChI is InChI=1S/C9H18N2O3S/c1-3-14-6-4-5-10-9(15)11-7-8(12)13-2/h3-7H2,1-2H3,(H2,10,11,15). The van der Waals surface area contributed by atoms with Gasteiger partial charge in [0, 0.05) is 19.8 Å². The summed E-state index contributed by atoms with van der Waals surface area (Å²) in [4.78, 5) is 10.7. The van der Waals surface area contributed by atoms with E-state index in [1.54, 1.807) is 0 Å². The Bertz CT molecular complexity index is 200. The van der Waals surface area contributed by atoms with Gasteiger partial charge in [0.15, 0.2) is 5.11 Å². The van der Waals surface area contributed by atoms with Crippen molar-refractivity contribution in [3.05, 3.63) is 0 Å². The Labute approximate surface area is 95.5 Å². The summed E-state index contributed by atoms with van der Waals surface area (Å²) in [7, 11) is 1.34. The van der Waals surface area contributed by atoms with Crippen LogP contribution in [0.3, 0.4) is 0 Å². The Morgan fingerprint density at radius 3 is 2.73 bits per heavy atom. The van der Waals surface area contributed by atoms with Crippen molar-refractivity contribution in [3.63, 3.8) is 0 Å². The van der Waals surface area contributed by atoms with Crippen LogP contribution >= 0.6 is 12.2 Å². The normalized spacial score (nSPS) is 9.47. The van der Waals surface area contributed by atoms with Crippen molar-refractivity contribution in [2.75, 3.05) is 33.4 Å². The summed E-state index contributed by atoms with van der Waals surface area (Å²) in [5.74, 6) is -0.339. The number of ether oxygens (including phenoxy) is 2. The second kappa shape index (κ2) is 9.67. The molecule has 0 unspecified atom stereocenters. The maximum absolute atomic E-state index is 10.7. The van der Waals surface area contributed by atoms with Gasteiger partial charge in [-0.1, -0.05) is 0 Å². The van der Waals surface area contributed by atoms with Crippen LogP contribution in [0.15, 0.2) is 0 Å². The lowest BCUT2D eigenvalue weighted by atomic mass is 10.4. The van der Waals surface area contributed by atoms with Gasteiger partial charge in [-0.3, -0.25) is 4.79 Å². The van der Waals surface area contributed by atoms with Crippen molar-refractivity contribution in [1.82, 2.24) is 10.6 Å². The minimum absolute atomic E-state index is 0.0911. The van der Waals surface area contributed by atoms with Gasteiger partial charge in [-0.05, 0) is 25.6 Å². The zero-order valence-corrected chi connectivity index (χ0v) is 9.99. The lowest BCUT2D eigenvalue weighted by Crippen LogP contribution is -2.39. The summed E-state index contributed by atoms with van der Waals surface area (Å²) in [5, 5.41) is 6.14. The fourth-order valence-electron chi connectivity index (χ4n) is 0.808. The molecule has 15 heavy (non-hydrogen) atoms. The molecule has 0 radical (unpaired) electrons. The molecule has 2 N–H and O–H groups in total. The van der Waals surface area contributed by atoms with Crippen LogP contribution in [-0.4, -0.2) is 44.5 Å². The smallest absolute Gasteiger partial charge is 0.325 e. The van der Waals surface area contributed by atoms with Crippen LogP contribution in [-0.2, 0) is 14.3 Å². The van der Waals surface area contributed by atoms with Crippen LogP contribution < -0.4 is 10.6 Å². The fraction of sp³-hybridized carbons (Fsp3) is 0.778. The molecule has 0 aliphatic heterocycles. The van der Waals surface area contributed by atoms with Crippen molar-refractivity contribution in [3.8, 4) is 0 Å². The monoisotopic (exact) mass is 234 g/mol. The van der Waals surface area contributed by atoms with E-state index < -0.39 is 0 Å². The van der Waals surface area contributed by atoms with E-state index in [1.807, 2.05) is 6.92 Å². The number of hydrogen-bond donors (Lipinski definition) is 2. The second-order valence-corrected chi connectivity index (χ2v) is 3.14. The summed E-state index contributed by atoms with van der Waals surface area (Å²) in [6.07, 6.45) is 0.883. The van der Waals surface area contributed by atoms with E-state index >= 15 is 0 Å². The largest absolute Gasteiger partial charge is 0.468 e. The van der Waals surface area contributed by atoms with Crippen LogP contribution in [0, 0.1) is 0 Å². The van der Waals surface area contributed by atoms with Crippen LogP contribution in [0.4, 0.5) is 0 Å². The summed E-state index contributed by atoms with van der Waals surface area (Å²) < 4.78 is 9.60. The van der Waals surface area contributed by atoms with Crippen molar-refractivity contribution in [1.29, 1.82) is 0 Å². The Morgan fingerprint density at radius 2 is 2.13 bits per heavy atom. The molecule has 0 aliphatic carbocycles. The molecule has 0 rings (SSSR count). The zero-order chi connectivity index (χ0) is 11.5. The van der Waals surface area contributed by atoms with Crippen LogP contribution in [0.2, 0.25) is 0 Å². The third kappa shape index (κ3) is 9.42. The van der Waals surface area contributed by atoms with Gasteiger partial charge >= 0.3 is 5.97 Å². The number of rotatable bonds is 7. The van der Waals surface area contributed by atoms with Gasteiger partial charge in [0.25, 0.3) is 0 Å². The number of methoxy groups -OCH3 is 1. The summed E-state index contributed by atoms with van der Waals surface area (Å²) in [6, 6.07) is 0. The van der Waals surface area contributed by atoms with Crippen LogP contribution in [0.5, 0.6) is 0 Å². The summed E-state index contributed by atoms with van der Waals surface area (Å²) in [6.45, 7) is 4.21. The number of nitrogens with one attached hydrogen (secondary N) is 2. The van der Waals surface area contributed by atoms with Crippen molar-refractivity contribution in [2.24, 2.45) is 0 Å². The molecular formula is C9H18N2O3S. The summed E-state index contributed by atoms with van der Waals surface area (Å²) >= 11 is 4.93. The maximum Gasteiger partial charge on any atom is 0.325 e. The van der Waals surface area contributed by atoms with Gasteiger partial charge in [-0.2, -0.15) is 0 Å². The van der Waals surface area contributed by atoms with Crippen LogP contribution in [0.1, 0.15) is 13.3 Å². The molecule has 88 valence electrons. The molecule has 0 aromatic carbocycles. The van der Waals surface area contributed by atoms with Crippen LogP contribution in [0.25, 0.3) is 0 Å². The lowest BCUT2D eigenvalue weighted by Gasteiger charge is -2.09. The number of hydrogen-bond acceptors (Lipinski definition) is 4. The SMILES string of the molecule is CCOCCCNC(=S)NCC(=O)OC. The van der Waals surface area contributed by atoms with Gasteiger partial charge in [0.05, 0.1) is 7.11 Å². The molecule has 0 aromatic heterocycles. The highest BCUT2D eigenvalue weighted by Gasteiger charge is 2.00. The lowest BCUT2D eigenvalue weighted by molar-refractivity contribution is -0.139. The molecular weight excluding hydrogens is 216 g/mol. The first-order chi connectivity index (χ1) is 7.20. The predicted octanol–water partition coefficient (Wildman–Crippen LogP) is 0.0501. The predicted molar refractivity (Wildman–Crippen MR) is 61.7 cm³/mol. The molecule has 0 amide bonds. The highest BCUT2D eigenvalue weighted by molar-refractivity contribution is 7.80. The minimum Gasteiger partial charge on any atom is -0.468 e. The number of thiocarbonyl (C=S) groups is 1. The molecule has 5 nitrogen and oxygen atoms in total. The van der Waals surface area contributed by atoms with Gasteiger partial charge in [0.1, 0.15) is 6.54 Å². The first-order valence-electron chi connectivity index (χ1n) is 4.87. The molecule has 0 saturated carbocycles. The van der Waals surface area contributed by atoms with Gasteiger partial charge in [-0.25, -0.2) is 0 Å². The molecule has 0 atom stereocenters. The molecule has 0 heterocycles. The van der Waals surface area contributed by atoms with Crippen molar-refractivity contribution in [2.45, 2.75) is 13.3 Å². The van der Waals surface area contributed by atoms with Crippen molar-refractivity contribution < 1.29 is 14.3 Å². The molecule has 0 aliphatic rings. The number of carbonyl (C=O) groups is 1. The third-order valence-electron chi connectivity index (χ3n) is 1.58. The third-order valence-corrected chi connectivity index (χ3v) is 1.86. The van der Waals surface area contributed by atoms with E-state index in [9.17, 15) is 4.79 Å². The first-order valence-corrected chi connectivity index (χ1v) is 5.27. The van der Waals surface area contributed by atoms with Crippen molar-refractivity contribution >= 4 is 23.3 Å². The highest BCUT2D eigenvalue weighted by Crippen LogP contribution is 1.80. The summed E-state index contributed by atoms with van der Waals surface area (Å²) in [5.41, 5.74) is 0. The molecule has 0 aromatic rings. The van der Waals surface area contributed by atoms with Gasteiger partial charge in [-0.15, -0.1) is 0 Å². The average Bonchev–Trinajstić information content (AvgIpc) is 2.25. The molecule has 0 saturated heterocycles. The van der Waals surface area contributed by atoms with E-state index in [-0.39, 0.29) is 12.5 Å². The van der Waals surface area contributed by atoms with E-state index in [0.717, 1.165) is 19.6 Å². The van der Waals surface area contributed by atoms with Gasteiger partial charge < -0.3 is 20.1 Å². The van der Waals surface area contributed by atoms with E-state index in [0.29, 0.717) is 11.7 Å². The van der Waals surface area contributed by atoms with Gasteiger partial charge in [0.2, 0.25) is 0 Å². The number of esters is 1. The minimum atomic E-state index is -0.339. The molecule has 0 fully saturated rings. The molecule has 0 bridgehead atoms. The Hall–Kier alpha value is -0.880. The molecule has 6 heteroatoms. The Kier molecular flexibility index (Phi) is 9.10. The zero-order valence-electron chi connectivity index (χ0n) is 9.17. The number of carbonyl (C=O) groups excluding carboxylic acids is 1. The quantitative estimate of drug-likeness (QED) is 0.369. The molecule has 0 spiro atoms. The first kappa shape index (κ1) is 14.1.